The van der Waals surface area contributed by atoms with E-state index in [9.17, 15) is 9.59 Å². The van der Waals surface area contributed by atoms with Gasteiger partial charge in [0.15, 0.2) is 0 Å². The number of aryl methyl sites for hydroxylation is 2. The van der Waals surface area contributed by atoms with Crippen LogP contribution in [0.1, 0.15) is 53.2 Å². The fraction of sp³-hybridized carbons (Fsp3) is 0.571. The van der Waals surface area contributed by atoms with Gasteiger partial charge in [-0.3, -0.25) is 20.4 Å². The summed E-state index contributed by atoms with van der Waals surface area (Å²) in [6.07, 6.45) is 5.82. The van der Waals surface area contributed by atoms with Gasteiger partial charge in [-0.1, -0.05) is 20.3 Å². The number of hydrogen-bond donors (Lipinski definition) is 2. The molecule has 104 valence electrons. The van der Waals surface area contributed by atoms with Crippen LogP contribution in [0.5, 0.6) is 0 Å². The number of hydrogen-bond acceptors (Lipinski definition) is 3. The highest BCUT2D eigenvalue weighted by atomic mass is 32.1. The summed E-state index contributed by atoms with van der Waals surface area (Å²) in [6.45, 7) is 3.57. The molecule has 1 aliphatic rings. The Kier molecular flexibility index (Phi) is 4.58. The number of thiophene rings is 1. The van der Waals surface area contributed by atoms with E-state index in [1.807, 2.05) is 6.07 Å². The first-order chi connectivity index (χ1) is 9.08. The predicted octanol–water partition coefficient (Wildman–Crippen LogP) is 2.43. The van der Waals surface area contributed by atoms with Gasteiger partial charge >= 0.3 is 0 Å². The van der Waals surface area contributed by atoms with Gasteiger partial charge in [-0.25, -0.2) is 0 Å². The van der Waals surface area contributed by atoms with E-state index in [4.69, 9.17) is 0 Å². The lowest BCUT2D eigenvalue weighted by atomic mass is 10.1. The first kappa shape index (κ1) is 14.1. The number of rotatable bonds is 2. The molecule has 0 spiro atoms. The second-order valence-corrected chi connectivity index (χ2v) is 6.35. The molecule has 1 heterocycles. The van der Waals surface area contributed by atoms with Gasteiger partial charge in [0, 0.05) is 10.8 Å². The zero-order chi connectivity index (χ0) is 13.8. The van der Waals surface area contributed by atoms with Gasteiger partial charge in [-0.15, -0.1) is 11.3 Å². The molecule has 2 N–H and O–H groups in total. The van der Waals surface area contributed by atoms with Gasteiger partial charge < -0.3 is 0 Å². The average molecular weight is 280 g/mol. The summed E-state index contributed by atoms with van der Waals surface area (Å²) < 4.78 is 0. The van der Waals surface area contributed by atoms with Crippen LogP contribution >= 0.6 is 11.3 Å². The van der Waals surface area contributed by atoms with Crippen molar-refractivity contribution in [1.29, 1.82) is 0 Å². The van der Waals surface area contributed by atoms with E-state index >= 15 is 0 Å². The standard InChI is InChI=1S/C14H20N2O2S/c1-9(2)13(17)15-16-14(18)12-8-10-6-4-3-5-7-11(10)19-12/h8-9H,3-7H2,1-2H3,(H,15,17)(H,16,18). The van der Waals surface area contributed by atoms with E-state index in [0.717, 1.165) is 12.8 Å². The molecule has 0 unspecified atom stereocenters. The molecule has 0 aromatic carbocycles. The van der Waals surface area contributed by atoms with Crippen molar-refractivity contribution in [3.63, 3.8) is 0 Å². The summed E-state index contributed by atoms with van der Waals surface area (Å²) in [5.41, 5.74) is 6.23. The van der Waals surface area contributed by atoms with Gasteiger partial charge in [-0.2, -0.15) is 0 Å². The fourth-order valence-corrected chi connectivity index (χ4v) is 3.25. The molecule has 0 fully saturated rings. The maximum Gasteiger partial charge on any atom is 0.279 e. The van der Waals surface area contributed by atoms with E-state index in [1.54, 1.807) is 25.2 Å². The molecular formula is C14H20N2O2S. The highest BCUT2D eigenvalue weighted by molar-refractivity contribution is 7.14. The van der Waals surface area contributed by atoms with Crippen molar-refractivity contribution in [2.75, 3.05) is 0 Å². The Morgan fingerprint density at radius 2 is 1.89 bits per heavy atom. The van der Waals surface area contributed by atoms with Crippen LogP contribution in [0.4, 0.5) is 0 Å². The van der Waals surface area contributed by atoms with Crippen molar-refractivity contribution in [3.05, 3.63) is 21.4 Å². The summed E-state index contributed by atoms with van der Waals surface area (Å²) in [6, 6.07) is 1.97. The van der Waals surface area contributed by atoms with Gasteiger partial charge in [-0.05, 0) is 37.3 Å². The lowest BCUT2D eigenvalue weighted by Crippen LogP contribution is -2.43. The third kappa shape index (κ3) is 3.56. The van der Waals surface area contributed by atoms with E-state index < -0.39 is 0 Å². The minimum absolute atomic E-state index is 0.139. The van der Waals surface area contributed by atoms with Gasteiger partial charge in [0.1, 0.15) is 0 Å². The van der Waals surface area contributed by atoms with E-state index in [1.165, 1.54) is 29.7 Å². The van der Waals surface area contributed by atoms with Gasteiger partial charge in [0.2, 0.25) is 5.91 Å². The molecule has 1 aromatic heterocycles. The molecule has 0 radical (unpaired) electrons. The molecule has 0 saturated carbocycles. The summed E-state index contributed by atoms with van der Waals surface area (Å²) in [5.74, 6) is -0.529. The SMILES string of the molecule is CC(C)C(=O)NNC(=O)c1cc2c(s1)CCCCC2. The lowest BCUT2D eigenvalue weighted by molar-refractivity contribution is -0.124. The molecule has 2 amide bonds. The second kappa shape index (κ2) is 6.19. The summed E-state index contributed by atoms with van der Waals surface area (Å²) in [5, 5.41) is 0. The van der Waals surface area contributed by atoms with E-state index in [2.05, 4.69) is 10.9 Å². The zero-order valence-electron chi connectivity index (χ0n) is 11.4. The average Bonchev–Trinajstić information content (AvgIpc) is 2.67. The van der Waals surface area contributed by atoms with Crippen molar-refractivity contribution in [1.82, 2.24) is 10.9 Å². The van der Waals surface area contributed by atoms with Crippen LogP contribution in [-0.4, -0.2) is 11.8 Å². The van der Waals surface area contributed by atoms with E-state index in [-0.39, 0.29) is 17.7 Å². The van der Waals surface area contributed by atoms with Crippen LogP contribution in [0.25, 0.3) is 0 Å². The monoisotopic (exact) mass is 280 g/mol. The Morgan fingerprint density at radius 3 is 2.63 bits per heavy atom. The minimum atomic E-state index is -0.216. The molecular weight excluding hydrogens is 260 g/mol. The second-order valence-electron chi connectivity index (χ2n) is 5.22. The maximum absolute atomic E-state index is 12.0. The number of hydrazine groups is 1. The predicted molar refractivity (Wildman–Crippen MR) is 76.0 cm³/mol. The smallest absolute Gasteiger partial charge is 0.273 e. The Hall–Kier alpha value is -1.36. The number of carbonyl (C=O) groups is 2. The summed E-state index contributed by atoms with van der Waals surface area (Å²) >= 11 is 1.55. The summed E-state index contributed by atoms with van der Waals surface area (Å²) in [7, 11) is 0. The molecule has 2 rings (SSSR count). The van der Waals surface area contributed by atoms with Crippen molar-refractivity contribution < 1.29 is 9.59 Å². The van der Waals surface area contributed by atoms with Crippen molar-refractivity contribution in [3.8, 4) is 0 Å². The molecule has 19 heavy (non-hydrogen) atoms. The Morgan fingerprint density at radius 1 is 1.16 bits per heavy atom. The maximum atomic E-state index is 12.0. The van der Waals surface area contributed by atoms with Crippen molar-refractivity contribution in [2.24, 2.45) is 5.92 Å². The third-order valence-electron chi connectivity index (χ3n) is 3.29. The normalized spacial score (nSPS) is 14.7. The molecule has 1 aromatic rings. The topological polar surface area (TPSA) is 58.2 Å². The number of nitrogens with one attached hydrogen (secondary N) is 2. The molecule has 0 bridgehead atoms. The number of amides is 2. The van der Waals surface area contributed by atoms with Crippen molar-refractivity contribution in [2.45, 2.75) is 46.0 Å². The highest BCUT2D eigenvalue weighted by Gasteiger charge is 2.17. The fourth-order valence-electron chi connectivity index (χ4n) is 2.10. The van der Waals surface area contributed by atoms with Crippen LogP contribution in [0.2, 0.25) is 0 Å². The highest BCUT2D eigenvalue weighted by Crippen LogP contribution is 2.28. The first-order valence-corrected chi connectivity index (χ1v) is 7.61. The lowest BCUT2D eigenvalue weighted by Gasteiger charge is -2.07. The molecule has 1 aliphatic carbocycles. The number of carbonyl (C=O) groups excluding carboxylic acids is 2. The quantitative estimate of drug-likeness (QED) is 0.645. The Balaban J connectivity index is 1.98. The van der Waals surface area contributed by atoms with Crippen LogP contribution in [-0.2, 0) is 17.6 Å². The van der Waals surface area contributed by atoms with Crippen LogP contribution in [0, 0.1) is 5.92 Å². The molecule has 5 heteroatoms. The summed E-state index contributed by atoms with van der Waals surface area (Å²) in [4.78, 5) is 25.4. The largest absolute Gasteiger partial charge is 0.279 e. The molecule has 0 atom stereocenters. The Labute approximate surface area is 117 Å². The molecule has 4 nitrogen and oxygen atoms in total. The molecule has 0 saturated heterocycles. The first-order valence-electron chi connectivity index (χ1n) is 6.79. The zero-order valence-corrected chi connectivity index (χ0v) is 12.2. The van der Waals surface area contributed by atoms with Crippen molar-refractivity contribution >= 4 is 23.2 Å². The van der Waals surface area contributed by atoms with Crippen LogP contribution in [0.3, 0.4) is 0 Å². The van der Waals surface area contributed by atoms with Gasteiger partial charge in [0.25, 0.3) is 5.91 Å². The van der Waals surface area contributed by atoms with Gasteiger partial charge in [0.05, 0.1) is 4.88 Å². The van der Waals surface area contributed by atoms with E-state index in [0.29, 0.717) is 4.88 Å². The third-order valence-corrected chi connectivity index (χ3v) is 4.53. The van der Waals surface area contributed by atoms with Crippen LogP contribution < -0.4 is 10.9 Å². The molecule has 0 aliphatic heterocycles. The Bertz CT molecular complexity index is 456. The number of fused-ring (bicyclic) bond motifs is 1. The van der Waals surface area contributed by atoms with Crippen LogP contribution in [0.15, 0.2) is 6.07 Å². The minimum Gasteiger partial charge on any atom is -0.273 e.